The van der Waals surface area contributed by atoms with Crippen LogP contribution in [0.5, 0.6) is 0 Å². The molecule has 0 rings (SSSR count). The van der Waals surface area contributed by atoms with E-state index in [1.54, 1.807) is 0 Å². The zero-order chi connectivity index (χ0) is 10.3. The van der Waals surface area contributed by atoms with Crippen LogP contribution in [0.1, 0.15) is 32.1 Å². The van der Waals surface area contributed by atoms with Crippen LogP contribution in [0, 0.1) is 0 Å². The van der Waals surface area contributed by atoms with E-state index in [9.17, 15) is 9.59 Å². The number of carboxylic acids is 2. The Hall–Kier alpha value is -1.10. The molecule has 0 amide bonds. The highest BCUT2D eigenvalue weighted by atomic mass is 16.4. The number of carbonyl (C=O) groups is 2. The Morgan fingerprint density at radius 3 is 2.15 bits per heavy atom. The standard InChI is InChI=1S/C8H14O5/c9-6(8(12)13)4-2-1-3-5-7(10)11/h6,9H,1-5H2,(H,10,11)(H,12,13). The first-order valence-corrected chi connectivity index (χ1v) is 4.16. The first-order valence-electron chi connectivity index (χ1n) is 4.16. The first-order chi connectivity index (χ1) is 6.04. The van der Waals surface area contributed by atoms with Gasteiger partial charge < -0.3 is 15.3 Å². The summed E-state index contributed by atoms with van der Waals surface area (Å²) in [4.78, 5) is 20.2. The highest BCUT2D eigenvalue weighted by Crippen LogP contribution is 2.05. The molecule has 5 nitrogen and oxygen atoms in total. The van der Waals surface area contributed by atoms with E-state index in [-0.39, 0.29) is 12.8 Å². The van der Waals surface area contributed by atoms with Crippen molar-refractivity contribution in [2.45, 2.75) is 38.2 Å². The lowest BCUT2D eigenvalue weighted by molar-refractivity contribution is -0.147. The van der Waals surface area contributed by atoms with Crippen LogP contribution in [0.2, 0.25) is 0 Å². The first kappa shape index (κ1) is 11.9. The molecule has 0 aliphatic carbocycles. The monoisotopic (exact) mass is 190 g/mol. The molecule has 1 atom stereocenters. The number of aliphatic hydroxyl groups is 1. The fraction of sp³-hybridized carbons (Fsp3) is 0.750. The van der Waals surface area contributed by atoms with E-state index in [2.05, 4.69) is 0 Å². The number of hydrogen-bond acceptors (Lipinski definition) is 3. The van der Waals surface area contributed by atoms with Crippen LogP contribution in [-0.4, -0.2) is 33.4 Å². The Kier molecular flexibility index (Phi) is 5.88. The van der Waals surface area contributed by atoms with Crippen molar-refractivity contribution in [2.75, 3.05) is 0 Å². The van der Waals surface area contributed by atoms with Gasteiger partial charge >= 0.3 is 11.9 Å². The third kappa shape index (κ3) is 7.27. The largest absolute Gasteiger partial charge is 0.481 e. The number of rotatable bonds is 7. The van der Waals surface area contributed by atoms with E-state index >= 15 is 0 Å². The van der Waals surface area contributed by atoms with Gasteiger partial charge in [0.25, 0.3) is 0 Å². The molecule has 0 aliphatic heterocycles. The van der Waals surface area contributed by atoms with Gasteiger partial charge in [0.1, 0.15) is 0 Å². The van der Waals surface area contributed by atoms with Gasteiger partial charge in [0, 0.05) is 6.42 Å². The molecule has 76 valence electrons. The Morgan fingerprint density at radius 1 is 1.08 bits per heavy atom. The molecular formula is C8H14O5. The minimum Gasteiger partial charge on any atom is -0.481 e. The zero-order valence-electron chi connectivity index (χ0n) is 7.27. The molecule has 1 unspecified atom stereocenters. The lowest BCUT2D eigenvalue weighted by atomic mass is 10.1. The van der Waals surface area contributed by atoms with E-state index in [0.29, 0.717) is 19.3 Å². The minimum absolute atomic E-state index is 0.100. The predicted molar refractivity (Wildman–Crippen MR) is 44.4 cm³/mol. The molecule has 0 aromatic carbocycles. The molecule has 0 aromatic heterocycles. The normalized spacial score (nSPS) is 12.4. The van der Waals surface area contributed by atoms with Crippen molar-refractivity contribution in [3.63, 3.8) is 0 Å². The van der Waals surface area contributed by atoms with Gasteiger partial charge in [-0.1, -0.05) is 12.8 Å². The van der Waals surface area contributed by atoms with Gasteiger partial charge in [-0.25, -0.2) is 4.79 Å². The molecule has 3 N–H and O–H groups in total. The maximum absolute atomic E-state index is 10.1. The van der Waals surface area contributed by atoms with Crippen molar-refractivity contribution in [1.82, 2.24) is 0 Å². The Morgan fingerprint density at radius 2 is 1.69 bits per heavy atom. The molecule has 13 heavy (non-hydrogen) atoms. The average Bonchev–Trinajstić information content (AvgIpc) is 2.02. The second-order valence-corrected chi connectivity index (χ2v) is 2.85. The summed E-state index contributed by atoms with van der Waals surface area (Å²) in [6.07, 6.45) is 0.682. The SMILES string of the molecule is O=C(O)CCCCCC(O)C(=O)O. The topological polar surface area (TPSA) is 94.8 Å². The van der Waals surface area contributed by atoms with E-state index in [0.717, 1.165) is 0 Å². The number of hydrogen-bond donors (Lipinski definition) is 3. The molecule has 0 aromatic rings. The maximum Gasteiger partial charge on any atom is 0.332 e. The average molecular weight is 190 g/mol. The van der Waals surface area contributed by atoms with Crippen LogP contribution < -0.4 is 0 Å². The van der Waals surface area contributed by atoms with Crippen LogP contribution in [0.3, 0.4) is 0 Å². The molecular weight excluding hydrogens is 176 g/mol. The lowest BCUT2D eigenvalue weighted by Gasteiger charge is -2.03. The van der Waals surface area contributed by atoms with Gasteiger partial charge in [-0.3, -0.25) is 4.79 Å². The van der Waals surface area contributed by atoms with Gasteiger partial charge in [0.2, 0.25) is 0 Å². The van der Waals surface area contributed by atoms with E-state index in [1.807, 2.05) is 0 Å². The minimum atomic E-state index is -1.31. The number of carboxylic acid groups (broad SMARTS) is 2. The van der Waals surface area contributed by atoms with E-state index in [1.165, 1.54) is 0 Å². The summed E-state index contributed by atoms with van der Waals surface area (Å²) in [7, 11) is 0. The Bertz CT molecular complexity index is 177. The highest BCUT2D eigenvalue weighted by molar-refractivity contribution is 5.71. The molecule has 0 heterocycles. The maximum atomic E-state index is 10.1. The highest BCUT2D eigenvalue weighted by Gasteiger charge is 2.11. The molecule has 5 heteroatoms. The predicted octanol–water partition coefficient (Wildman–Crippen LogP) is 0.467. The third-order valence-electron chi connectivity index (χ3n) is 1.65. The van der Waals surface area contributed by atoms with Crippen LogP contribution in [0.4, 0.5) is 0 Å². The summed E-state index contributed by atoms with van der Waals surface area (Å²) in [5, 5.41) is 25.4. The smallest absolute Gasteiger partial charge is 0.332 e. The summed E-state index contributed by atoms with van der Waals surface area (Å²) in [5.74, 6) is -2.07. The molecule has 0 radical (unpaired) electrons. The van der Waals surface area contributed by atoms with Crippen molar-refractivity contribution < 1.29 is 24.9 Å². The van der Waals surface area contributed by atoms with E-state index in [4.69, 9.17) is 15.3 Å². The number of unbranched alkanes of at least 4 members (excludes halogenated alkanes) is 2. The summed E-state index contributed by atoms with van der Waals surface area (Å²) in [6, 6.07) is 0. The quantitative estimate of drug-likeness (QED) is 0.507. The molecule has 0 saturated heterocycles. The molecule has 0 spiro atoms. The lowest BCUT2D eigenvalue weighted by Crippen LogP contribution is -2.18. The molecule has 0 bridgehead atoms. The Labute approximate surface area is 76.0 Å². The van der Waals surface area contributed by atoms with Gasteiger partial charge in [-0.05, 0) is 12.8 Å². The van der Waals surface area contributed by atoms with Crippen molar-refractivity contribution in [1.29, 1.82) is 0 Å². The van der Waals surface area contributed by atoms with Crippen LogP contribution in [-0.2, 0) is 9.59 Å². The summed E-state index contributed by atoms with van der Waals surface area (Å²) < 4.78 is 0. The molecule has 0 fully saturated rings. The number of aliphatic hydroxyl groups excluding tert-OH is 1. The fourth-order valence-electron chi connectivity index (χ4n) is 0.914. The van der Waals surface area contributed by atoms with Crippen LogP contribution in [0.15, 0.2) is 0 Å². The van der Waals surface area contributed by atoms with Crippen molar-refractivity contribution >= 4 is 11.9 Å². The second kappa shape index (κ2) is 6.42. The van der Waals surface area contributed by atoms with Gasteiger partial charge in [0.15, 0.2) is 6.10 Å². The Balaban J connectivity index is 3.26. The molecule has 0 aliphatic rings. The zero-order valence-corrected chi connectivity index (χ0v) is 7.27. The number of aliphatic carboxylic acids is 2. The van der Waals surface area contributed by atoms with Crippen molar-refractivity contribution in [3.05, 3.63) is 0 Å². The van der Waals surface area contributed by atoms with Crippen LogP contribution in [0.25, 0.3) is 0 Å². The van der Waals surface area contributed by atoms with Gasteiger partial charge in [0.05, 0.1) is 0 Å². The van der Waals surface area contributed by atoms with Crippen molar-refractivity contribution in [3.8, 4) is 0 Å². The summed E-state index contributed by atoms with van der Waals surface area (Å²) in [6.45, 7) is 0. The molecule has 0 saturated carbocycles. The van der Waals surface area contributed by atoms with Crippen molar-refractivity contribution in [2.24, 2.45) is 0 Å². The fourth-order valence-corrected chi connectivity index (χ4v) is 0.914. The van der Waals surface area contributed by atoms with Crippen LogP contribution >= 0.6 is 0 Å². The van der Waals surface area contributed by atoms with Gasteiger partial charge in [-0.15, -0.1) is 0 Å². The van der Waals surface area contributed by atoms with Gasteiger partial charge in [-0.2, -0.15) is 0 Å². The second-order valence-electron chi connectivity index (χ2n) is 2.85. The third-order valence-corrected chi connectivity index (χ3v) is 1.65. The summed E-state index contributed by atoms with van der Waals surface area (Å²) >= 11 is 0. The summed E-state index contributed by atoms with van der Waals surface area (Å²) in [5.41, 5.74) is 0. The van der Waals surface area contributed by atoms with E-state index < -0.39 is 18.0 Å².